The third-order valence-corrected chi connectivity index (χ3v) is 4.31. The Bertz CT molecular complexity index is 810. The summed E-state index contributed by atoms with van der Waals surface area (Å²) in [5, 5.41) is 5.67. The predicted molar refractivity (Wildman–Crippen MR) is 122 cm³/mol. The number of amides is 1. The summed E-state index contributed by atoms with van der Waals surface area (Å²) in [5.74, 6) is 0.0519. The minimum absolute atomic E-state index is 0.0170. The number of anilines is 1. The molecule has 0 radical (unpaired) electrons. The molecular formula is C23H28N2O4S. The maximum absolute atomic E-state index is 12.0. The number of benzene rings is 2. The number of esters is 1. The first-order valence-electron chi connectivity index (χ1n) is 10.1. The highest BCUT2D eigenvalue weighted by atomic mass is 32.1. The molecule has 0 spiro atoms. The van der Waals surface area contributed by atoms with Crippen LogP contribution in [0.25, 0.3) is 0 Å². The van der Waals surface area contributed by atoms with Gasteiger partial charge in [-0.2, -0.15) is 0 Å². The van der Waals surface area contributed by atoms with Crippen molar-refractivity contribution < 1.29 is 19.1 Å². The van der Waals surface area contributed by atoms with Crippen molar-refractivity contribution in [1.29, 1.82) is 0 Å². The van der Waals surface area contributed by atoms with Crippen molar-refractivity contribution in [1.82, 2.24) is 5.32 Å². The van der Waals surface area contributed by atoms with Gasteiger partial charge in [-0.05, 0) is 61.3 Å². The summed E-state index contributed by atoms with van der Waals surface area (Å²) in [6, 6.07) is 17.3. The van der Waals surface area contributed by atoms with Gasteiger partial charge in [0.25, 0.3) is 0 Å². The number of hydrogen-bond acceptors (Lipinski definition) is 5. The quantitative estimate of drug-likeness (QED) is 0.317. The second-order valence-corrected chi connectivity index (χ2v) is 7.09. The van der Waals surface area contributed by atoms with Crippen molar-refractivity contribution in [3.05, 3.63) is 60.2 Å². The Balaban J connectivity index is 1.59. The van der Waals surface area contributed by atoms with E-state index in [0.29, 0.717) is 13.2 Å². The van der Waals surface area contributed by atoms with E-state index in [2.05, 4.69) is 10.6 Å². The van der Waals surface area contributed by atoms with Gasteiger partial charge >= 0.3 is 5.97 Å². The molecule has 0 atom stereocenters. The van der Waals surface area contributed by atoms with Crippen molar-refractivity contribution >= 4 is 34.9 Å². The standard InChI is InChI=1S/C23H28N2O4S/c1-2-16-28-20-12-10-19(11-13-20)24-23(30)25-21(26)14-15-22(27)29-17-6-9-18-7-4-3-5-8-18/h3-5,7-8,10-13H,2,6,9,14-17H2,1H3,(H2,24,25,26,30). The van der Waals surface area contributed by atoms with Crippen LogP contribution < -0.4 is 15.4 Å². The van der Waals surface area contributed by atoms with E-state index in [0.717, 1.165) is 30.7 Å². The predicted octanol–water partition coefficient (Wildman–Crippen LogP) is 4.24. The number of ether oxygens (including phenoxy) is 2. The molecule has 0 aliphatic heterocycles. The molecule has 0 saturated carbocycles. The maximum atomic E-state index is 12.0. The van der Waals surface area contributed by atoms with Crippen molar-refractivity contribution in [2.24, 2.45) is 0 Å². The zero-order valence-electron chi connectivity index (χ0n) is 17.2. The van der Waals surface area contributed by atoms with Gasteiger partial charge in [-0.15, -0.1) is 0 Å². The van der Waals surface area contributed by atoms with Crippen LogP contribution in [0, 0.1) is 0 Å². The molecule has 2 N–H and O–H groups in total. The Morgan fingerprint density at radius 3 is 2.40 bits per heavy atom. The summed E-state index contributed by atoms with van der Waals surface area (Å²) in [5.41, 5.74) is 1.94. The van der Waals surface area contributed by atoms with Gasteiger partial charge in [-0.1, -0.05) is 37.3 Å². The summed E-state index contributed by atoms with van der Waals surface area (Å²) in [6.07, 6.45) is 2.57. The first-order chi connectivity index (χ1) is 14.6. The Labute approximate surface area is 183 Å². The molecular weight excluding hydrogens is 400 g/mol. The van der Waals surface area contributed by atoms with Crippen molar-refractivity contribution in [3.63, 3.8) is 0 Å². The molecule has 0 aromatic heterocycles. The van der Waals surface area contributed by atoms with Gasteiger partial charge in [0.1, 0.15) is 5.75 Å². The SMILES string of the molecule is CCCOc1ccc(NC(=S)NC(=O)CCC(=O)OCCCc2ccccc2)cc1. The van der Waals surface area contributed by atoms with E-state index in [-0.39, 0.29) is 29.8 Å². The van der Waals surface area contributed by atoms with Gasteiger partial charge in [-0.25, -0.2) is 0 Å². The molecule has 0 aliphatic carbocycles. The Hall–Kier alpha value is -2.93. The number of nitrogens with one attached hydrogen (secondary N) is 2. The first-order valence-corrected chi connectivity index (χ1v) is 10.5. The average molecular weight is 429 g/mol. The van der Waals surface area contributed by atoms with Gasteiger partial charge in [0.15, 0.2) is 5.11 Å². The maximum Gasteiger partial charge on any atom is 0.306 e. The molecule has 0 aliphatic rings. The number of carbonyl (C=O) groups excluding carboxylic acids is 2. The molecule has 2 aromatic carbocycles. The number of hydrogen-bond donors (Lipinski definition) is 2. The minimum atomic E-state index is -0.389. The highest BCUT2D eigenvalue weighted by Gasteiger charge is 2.10. The number of carbonyl (C=O) groups is 2. The molecule has 30 heavy (non-hydrogen) atoms. The summed E-state index contributed by atoms with van der Waals surface area (Å²) >= 11 is 5.14. The topological polar surface area (TPSA) is 76.7 Å². The van der Waals surface area contributed by atoms with Crippen LogP contribution in [-0.2, 0) is 20.7 Å². The smallest absolute Gasteiger partial charge is 0.306 e. The summed E-state index contributed by atoms with van der Waals surface area (Å²) in [7, 11) is 0. The summed E-state index contributed by atoms with van der Waals surface area (Å²) < 4.78 is 10.7. The average Bonchev–Trinajstić information content (AvgIpc) is 2.75. The van der Waals surface area contributed by atoms with Crippen LogP contribution >= 0.6 is 12.2 Å². The van der Waals surface area contributed by atoms with Crippen LogP contribution in [0.1, 0.15) is 38.2 Å². The lowest BCUT2D eigenvalue weighted by atomic mass is 10.1. The highest BCUT2D eigenvalue weighted by molar-refractivity contribution is 7.80. The normalized spacial score (nSPS) is 10.2. The lowest BCUT2D eigenvalue weighted by Gasteiger charge is -2.10. The molecule has 2 rings (SSSR count). The largest absolute Gasteiger partial charge is 0.494 e. The third kappa shape index (κ3) is 9.52. The van der Waals surface area contributed by atoms with Gasteiger partial charge < -0.3 is 20.1 Å². The van der Waals surface area contributed by atoms with E-state index in [1.807, 2.05) is 61.5 Å². The van der Waals surface area contributed by atoms with Crippen molar-refractivity contribution in [2.75, 3.05) is 18.5 Å². The van der Waals surface area contributed by atoms with E-state index >= 15 is 0 Å². The second-order valence-electron chi connectivity index (χ2n) is 6.68. The summed E-state index contributed by atoms with van der Waals surface area (Å²) in [6.45, 7) is 3.05. The van der Waals surface area contributed by atoms with Crippen LogP contribution in [0.2, 0.25) is 0 Å². The lowest BCUT2D eigenvalue weighted by molar-refractivity contribution is -0.145. The van der Waals surface area contributed by atoms with Crippen LogP contribution in [0.4, 0.5) is 5.69 Å². The monoisotopic (exact) mass is 428 g/mol. The Morgan fingerprint density at radius 1 is 0.967 bits per heavy atom. The van der Waals surface area contributed by atoms with Crippen molar-refractivity contribution in [2.45, 2.75) is 39.0 Å². The Kier molecular flexibility index (Phi) is 10.4. The van der Waals surface area contributed by atoms with E-state index in [1.54, 1.807) is 0 Å². The molecule has 0 bridgehead atoms. The number of thiocarbonyl (C=S) groups is 1. The van der Waals surface area contributed by atoms with E-state index in [1.165, 1.54) is 5.56 Å². The zero-order chi connectivity index (χ0) is 21.6. The fraction of sp³-hybridized carbons (Fsp3) is 0.348. The molecule has 160 valence electrons. The molecule has 0 saturated heterocycles. The van der Waals surface area contributed by atoms with Crippen molar-refractivity contribution in [3.8, 4) is 5.75 Å². The van der Waals surface area contributed by atoms with Crippen LogP contribution in [0.3, 0.4) is 0 Å². The zero-order valence-corrected chi connectivity index (χ0v) is 18.0. The molecule has 0 heterocycles. The molecule has 0 unspecified atom stereocenters. The van der Waals surface area contributed by atoms with Gasteiger partial charge in [0.2, 0.25) is 5.91 Å². The highest BCUT2D eigenvalue weighted by Crippen LogP contribution is 2.15. The fourth-order valence-corrected chi connectivity index (χ4v) is 2.83. The van der Waals surface area contributed by atoms with Crippen LogP contribution in [0.15, 0.2) is 54.6 Å². The first kappa shape index (κ1) is 23.3. The van der Waals surface area contributed by atoms with Gasteiger partial charge in [-0.3, -0.25) is 9.59 Å². The minimum Gasteiger partial charge on any atom is -0.494 e. The van der Waals surface area contributed by atoms with E-state index < -0.39 is 0 Å². The second kappa shape index (κ2) is 13.3. The van der Waals surface area contributed by atoms with Gasteiger partial charge in [0.05, 0.1) is 19.6 Å². The molecule has 6 nitrogen and oxygen atoms in total. The summed E-state index contributed by atoms with van der Waals surface area (Å²) in [4.78, 5) is 23.7. The van der Waals surface area contributed by atoms with Gasteiger partial charge in [0, 0.05) is 12.1 Å². The number of rotatable bonds is 11. The van der Waals surface area contributed by atoms with Crippen LogP contribution in [-0.4, -0.2) is 30.2 Å². The molecule has 0 fully saturated rings. The number of aryl methyl sites for hydroxylation is 1. The lowest BCUT2D eigenvalue weighted by Crippen LogP contribution is -2.34. The van der Waals surface area contributed by atoms with Crippen LogP contribution in [0.5, 0.6) is 5.75 Å². The fourth-order valence-electron chi connectivity index (χ4n) is 2.60. The van der Waals surface area contributed by atoms with E-state index in [4.69, 9.17) is 21.7 Å². The molecule has 2 aromatic rings. The molecule has 7 heteroatoms. The van der Waals surface area contributed by atoms with E-state index in [9.17, 15) is 9.59 Å². The Morgan fingerprint density at radius 2 is 1.70 bits per heavy atom. The third-order valence-electron chi connectivity index (χ3n) is 4.11. The molecule has 1 amide bonds.